The van der Waals surface area contributed by atoms with Crippen molar-refractivity contribution >= 4 is 28.0 Å². The number of rotatable bonds is 5. The standard InChI is InChI=1S/C24H27N3O4S/c1-26-14-20(17-4-3-5-18(17)23(26)29)19-12-16(32(2,30)31)6-7-21(19)27-10-8-24(9-11-27)13-22(24)25-15-28/h3-4,6-7,12,14-15,22H,5,8-11,13H2,1-2H3,(H,25,28). The van der Waals surface area contributed by atoms with E-state index in [-0.39, 0.29) is 21.9 Å². The number of amides is 1. The monoisotopic (exact) mass is 453 g/mol. The molecule has 1 saturated heterocycles. The van der Waals surface area contributed by atoms with E-state index in [0.717, 1.165) is 66.7 Å². The molecule has 8 heteroatoms. The summed E-state index contributed by atoms with van der Waals surface area (Å²) < 4.78 is 26.2. The molecule has 7 nitrogen and oxygen atoms in total. The van der Waals surface area contributed by atoms with Crippen LogP contribution in [0.1, 0.15) is 30.4 Å². The van der Waals surface area contributed by atoms with Gasteiger partial charge in [-0.25, -0.2) is 8.42 Å². The van der Waals surface area contributed by atoms with Gasteiger partial charge in [0.1, 0.15) is 0 Å². The number of aryl methyl sites for hydroxylation is 1. The predicted octanol–water partition coefficient (Wildman–Crippen LogP) is 2.13. The molecular formula is C24H27N3O4S. The molecular weight excluding hydrogens is 426 g/mol. The number of carbonyl (C=O) groups is 1. The second-order valence-corrected chi connectivity index (χ2v) is 11.3. The zero-order valence-electron chi connectivity index (χ0n) is 18.3. The molecule has 1 spiro atoms. The van der Waals surface area contributed by atoms with Gasteiger partial charge in [0.15, 0.2) is 9.84 Å². The number of pyridine rings is 1. The van der Waals surface area contributed by atoms with Crippen LogP contribution in [0.4, 0.5) is 5.69 Å². The van der Waals surface area contributed by atoms with E-state index in [0.29, 0.717) is 6.42 Å². The van der Waals surface area contributed by atoms with Crippen molar-refractivity contribution in [1.29, 1.82) is 0 Å². The molecule has 32 heavy (non-hydrogen) atoms. The molecule has 2 heterocycles. The lowest BCUT2D eigenvalue weighted by Crippen LogP contribution is -2.37. The molecule has 1 aliphatic heterocycles. The quantitative estimate of drug-likeness (QED) is 0.701. The minimum atomic E-state index is -3.38. The maximum Gasteiger partial charge on any atom is 0.254 e. The first-order valence-electron chi connectivity index (χ1n) is 10.9. The third-order valence-corrected chi connectivity index (χ3v) is 8.48. The number of fused-ring (bicyclic) bond motifs is 1. The van der Waals surface area contributed by atoms with Gasteiger partial charge in [-0.15, -0.1) is 0 Å². The first-order chi connectivity index (χ1) is 15.2. The molecule has 0 bridgehead atoms. The molecule has 1 aromatic heterocycles. The summed E-state index contributed by atoms with van der Waals surface area (Å²) in [5.41, 5.74) is 4.50. The van der Waals surface area contributed by atoms with E-state index in [2.05, 4.69) is 10.2 Å². The van der Waals surface area contributed by atoms with Crippen LogP contribution in [-0.4, -0.2) is 44.8 Å². The van der Waals surface area contributed by atoms with Crippen molar-refractivity contribution in [3.05, 3.63) is 52.0 Å². The van der Waals surface area contributed by atoms with Crippen LogP contribution in [0.5, 0.6) is 0 Å². The smallest absolute Gasteiger partial charge is 0.254 e. The number of hydrogen-bond acceptors (Lipinski definition) is 5. The van der Waals surface area contributed by atoms with Crippen molar-refractivity contribution in [3.8, 4) is 11.1 Å². The molecule has 5 rings (SSSR count). The highest BCUT2D eigenvalue weighted by molar-refractivity contribution is 7.90. The Morgan fingerprint density at radius 2 is 1.94 bits per heavy atom. The zero-order chi connectivity index (χ0) is 22.7. The fourth-order valence-corrected chi connectivity index (χ4v) is 6.00. The van der Waals surface area contributed by atoms with Crippen LogP contribution in [0.15, 0.2) is 40.2 Å². The fourth-order valence-electron chi connectivity index (χ4n) is 5.36. The Balaban J connectivity index is 1.58. The van der Waals surface area contributed by atoms with Gasteiger partial charge in [0.2, 0.25) is 6.41 Å². The molecule has 2 aromatic rings. The third kappa shape index (κ3) is 3.37. The van der Waals surface area contributed by atoms with E-state index in [1.54, 1.807) is 23.7 Å². The van der Waals surface area contributed by atoms with E-state index in [4.69, 9.17) is 0 Å². The van der Waals surface area contributed by atoms with Crippen LogP contribution in [0.25, 0.3) is 17.2 Å². The normalized spacial score (nSPS) is 20.9. The van der Waals surface area contributed by atoms with Crippen LogP contribution in [0.3, 0.4) is 0 Å². The van der Waals surface area contributed by atoms with Crippen molar-refractivity contribution in [1.82, 2.24) is 9.88 Å². The van der Waals surface area contributed by atoms with E-state index in [1.165, 1.54) is 6.26 Å². The first-order valence-corrected chi connectivity index (χ1v) is 12.8. The number of anilines is 1. The highest BCUT2D eigenvalue weighted by Crippen LogP contribution is 2.54. The molecule has 1 unspecified atom stereocenters. The molecule has 168 valence electrons. The summed E-state index contributed by atoms with van der Waals surface area (Å²) in [6.07, 6.45) is 11.4. The number of sulfone groups is 1. The van der Waals surface area contributed by atoms with Gasteiger partial charge in [-0.1, -0.05) is 12.2 Å². The second-order valence-electron chi connectivity index (χ2n) is 9.30. The highest BCUT2D eigenvalue weighted by atomic mass is 32.2. The fraction of sp³-hybridized carbons (Fsp3) is 0.417. The molecule has 1 aromatic carbocycles. The van der Waals surface area contributed by atoms with Crippen LogP contribution < -0.4 is 15.8 Å². The molecule has 2 fully saturated rings. The summed E-state index contributed by atoms with van der Waals surface area (Å²) in [6, 6.07) is 5.58. The largest absolute Gasteiger partial charge is 0.371 e. The lowest BCUT2D eigenvalue weighted by Gasteiger charge is -2.36. The Hall–Kier alpha value is -2.87. The van der Waals surface area contributed by atoms with Gasteiger partial charge in [-0.2, -0.15) is 0 Å². The summed E-state index contributed by atoms with van der Waals surface area (Å²) in [7, 11) is -1.64. The summed E-state index contributed by atoms with van der Waals surface area (Å²) in [5.74, 6) is 0. The zero-order valence-corrected chi connectivity index (χ0v) is 19.1. The number of nitrogens with one attached hydrogen (secondary N) is 1. The number of carbonyl (C=O) groups excluding carboxylic acids is 1. The lowest BCUT2D eigenvalue weighted by atomic mass is 9.91. The van der Waals surface area contributed by atoms with Crippen molar-refractivity contribution in [2.45, 2.75) is 36.6 Å². The Morgan fingerprint density at radius 1 is 1.19 bits per heavy atom. The summed E-state index contributed by atoms with van der Waals surface area (Å²) in [4.78, 5) is 26.0. The van der Waals surface area contributed by atoms with E-state index < -0.39 is 9.84 Å². The average Bonchev–Trinajstić information content (AvgIpc) is 3.19. The third-order valence-electron chi connectivity index (χ3n) is 7.37. The minimum absolute atomic E-state index is 0.0167. The topological polar surface area (TPSA) is 88.5 Å². The van der Waals surface area contributed by atoms with E-state index >= 15 is 0 Å². The van der Waals surface area contributed by atoms with Crippen LogP contribution in [0, 0.1) is 5.41 Å². The summed E-state index contributed by atoms with van der Waals surface area (Å²) >= 11 is 0. The van der Waals surface area contributed by atoms with Crippen molar-refractivity contribution in [3.63, 3.8) is 0 Å². The van der Waals surface area contributed by atoms with Gasteiger partial charge in [-0.3, -0.25) is 9.59 Å². The number of aromatic nitrogens is 1. The Morgan fingerprint density at radius 3 is 2.62 bits per heavy atom. The number of nitrogens with zero attached hydrogens (tertiary/aromatic N) is 2. The Kier molecular flexibility index (Phi) is 4.81. The number of hydrogen-bond donors (Lipinski definition) is 1. The predicted molar refractivity (Wildman–Crippen MR) is 124 cm³/mol. The van der Waals surface area contributed by atoms with E-state index in [1.807, 2.05) is 24.4 Å². The summed E-state index contributed by atoms with van der Waals surface area (Å²) in [6.45, 7) is 1.68. The van der Waals surface area contributed by atoms with Crippen LogP contribution >= 0.6 is 0 Å². The molecule has 1 amide bonds. The number of benzene rings is 1. The van der Waals surface area contributed by atoms with E-state index in [9.17, 15) is 18.0 Å². The van der Waals surface area contributed by atoms with Crippen LogP contribution in [0.2, 0.25) is 0 Å². The van der Waals surface area contributed by atoms with Gasteiger partial charge >= 0.3 is 0 Å². The average molecular weight is 454 g/mol. The van der Waals surface area contributed by atoms with Crippen LogP contribution in [-0.2, 0) is 28.1 Å². The van der Waals surface area contributed by atoms with Gasteiger partial charge in [0.05, 0.1) is 4.90 Å². The van der Waals surface area contributed by atoms with Gasteiger partial charge in [0, 0.05) is 61.0 Å². The van der Waals surface area contributed by atoms with Crippen molar-refractivity contribution in [2.24, 2.45) is 12.5 Å². The van der Waals surface area contributed by atoms with Gasteiger partial charge in [0.25, 0.3) is 5.56 Å². The number of piperidine rings is 1. The molecule has 1 atom stereocenters. The highest BCUT2D eigenvalue weighted by Gasteiger charge is 2.54. The molecule has 0 radical (unpaired) electrons. The Bertz CT molecular complexity index is 1300. The van der Waals surface area contributed by atoms with Gasteiger partial charge in [-0.05, 0) is 54.9 Å². The molecule has 2 aliphatic carbocycles. The first kappa shape index (κ1) is 21.0. The minimum Gasteiger partial charge on any atom is -0.371 e. The molecule has 1 N–H and O–H groups in total. The lowest BCUT2D eigenvalue weighted by molar-refractivity contribution is -0.109. The number of allylic oxidation sites excluding steroid dienone is 1. The van der Waals surface area contributed by atoms with Gasteiger partial charge < -0.3 is 14.8 Å². The summed E-state index contributed by atoms with van der Waals surface area (Å²) in [5, 5.41) is 2.93. The van der Waals surface area contributed by atoms with Crippen molar-refractivity contribution < 1.29 is 13.2 Å². The maximum atomic E-state index is 12.6. The second kappa shape index (κ2) is 7.33. The SMILES string of the molecule is Cn1cc(-c2cc(S(C)(=O)=O)ccc2N2CCC3(CC2)CC3NC=O)c2c(c1=O)CC=C2. The maximum absolute atomic E-state index is 12.6. The molecule has 3 aliphatic rings. The van der Waals surface area contributed by atoms with Crippen molar-refractivity contribution in [2.75, 3.05) is 24.2 Å². The Labute approximate surface area is 187 Å². The molecule has 1 saturated carbocycles.